The maximum atomic E-state index is 12.6. The zero-order chi connectivity index (χ0) is 15.7. The quantitative estimate of drug-likeness (QED) is 0.563. The summed E-state index contributed by atoms with van der Waals surface area (Å²) in [5.41, 5.74) is 6.19. The van der Waals surface area contributed by atoms with Gasteiger partial charge < -0.3 is 15.4 Å². The van der Waals surface area contributed by atoms with Crippen LogP contribution in [0.3, 0.4) is 0 Å². The molecule has 116 valence electrons. The van der Waals surface area contributed by atoms with Gasteiger partial charge in [-0.1, -0.05) is 38.0 Å². The molecule has 21 heavy (non-hydrogen) atoms. The second kappa shape index (κ2) is 9.34. The fourth-order valence-corrected chi connectivity index (χ4v) is 2.14. The van der Waals surface area contributed by atoms with Crippen molar-refractivity contribution >= 4 is 23.1 Å². The van der Waals surface area contributed by atoms with Gasteiger partial charge in [0.15, 0.2) is 0 Å². The Labute approximate surface area is 132 Å². The van der Waals surface area contributed by atoms with E-state index in [-0.39, 0.29) is 5.91 Å². The molecule has 0 aromatic heterocycles. The van der Waals surface area contributed by atoms with E-state index in [9.17, 15) is 4.79 Å². The number of rotatable bonds is 9. The lowest BCUT2D eigenvalue weighted by Gasteiger charge is -2.23. The molecule has 0 bridgehead atoms. The van der Waals surface area contributed by atoms with Crippen molar-refractivity contribution in [2.75, 3.05) is 20.2 Å². The van der Waals surface area contributed by atoms with Crippen molar-refractivity contribution in [2.24, 2.45) is 5.73 Å². The standard InChI is InChI=1S/C16H24N2O2S/c1-3-4-5-10-18(11-9-15(17)21)16(19)13-7-6-8-14(12-13)20-2/h6-8,12H,3-5,9-11H2,1-2H3,(H2,17,21). The molecule has 0 atom stereocenters. The Balaban J connectivity index is 2.78. The summed E-state index contributed by atoms with van der Waals surface area (Å²) >= 11 is 4.91. The summed E-state index contributed by atoms with van der Waals surface area (Å²) in [7, 11) is 1.59. The van der Waals surface area contributed by atoms with Crippen molar-refractivity contribution in [3.63, 3.8) is 0 Å². The fraction of sp³-hybridized carbons (Fsp3) is 0.500. The number of carbonyl (C=O) groups excluding carboxylic acids is 1. The number of nitrogens with zero attached hydrogens (tertiary/aromatic N) is 1. The Kier molecular flexibility index (Phi) is 7.75. The van der Waals surface area contributed by atoms with Crippen LogP contribution in [0.5, 0.6) is 5.75 Å². The number of benzene rings is 1. The zero-order valence-electron chi connectivity index (χ0n) is 12.8. The normalized spacial score (nSPS) is 10.2. The van der Waals surface area contributed by atoms with Crippen LogP contribution in [0, 0.1) is 0 Å². The van der Waals surface area contributed by atoms with E-state index in [4.69, 9.17) is 22.7 Å². The number of hydrogen-bond donors (Lipinski definition) is 1. The number of hydrogen-bond acceptors (Lipinski definition) is 3. The fourth-order valence-electron chi connectivity index (χ4n) is 2.05. The summed E-state index contributed by atoms with van der Waals surface area (Å²) in [6.45, 7) is 3.44. The van der Waals surface area contributed by atoms with Gasteiger partial charge in [0.1, 0.15) is 5.75 Å². The molecular formula is C16H24N2O2S. The first-order valence-electron chi connectivity index (χ1n) is 7.30. The number of carbonyl (C=O) groups is 1. The molecule has 0 fully saturated rings. The maximum absolute atomic E-state index is 12.6. The molecule has 0 unspecified atom stereocenters. The average Bonchev–Trinajstić information content (AvgIpc) is 2.50. The van der Waals surface area contributed by atoms with Crippen LogP contribution in [0.4, 0.5) is 0 Å². The number of methoxy groups -OCH3 is 1. The van der Waals surface area contributed by atoms with Gasteiger partial charge in [-0.3, -0.25) is 4.79 Å². The molecule has 0 radical (unpaired) electrons. The molecule has 4 nitrogen and oxygen atoms in total. The van der Waals surface area contributed by atoms with Crippen LogP contribution < -0.4 is 10.5 Å². The summed E-state index contributed by atoms with van der Waals surface area (Å²) in [4.78, 5) is 14.9. The molecule has 1 amide bonds. The Bertz CT molecular complexity index is 477. The number of ether oxygens (including phenoxy) is 1. The maximum Gasteiger partial charge on any atom is 0.253 e. The first kappa shape index (κ1) is 17.4. The third-order valence-electron chi connectivity index (χ3n) is 3.26. The predicted octanol–water partition coefficient (Wildman–Crippen LogP) is 3.00. The molecule has 0 aliphatic heterocycles. The van der Waals surface area contributed by atoms with E-state index in [1.54, 1.807) is 19.2 Å². The van der Waals surface area contributed by atoms with Crippen LogP contribution in [0.15, 0.2) is 24.3 Å². The van der Waals surface area contributed by atoms with Gasteiger partial charge in [0.2, 0.25) is 0 Å². The van der Waals surface area contributed by atoms with Crippen LogP contribution in [0.25, 0.3) is 0 Å². The third-order valence-corrected chi connectivity index (χ3v) is 3.47. The van der Waals surface area contributed by atoms with E-state index in [1.165, 1.54) is 0 Å². The molecule has 1 aromatic carbocycles. The van der Waals surface area contributed by atoms with E-state index in [0.717, 1.165) is 25.8 Å². The van der Waals surface area contributed by atoms with Crippen LogP contribution >= 0.6 is 12.2 Å². The van der Waals surface area contributed by atoms with Gasteiger partial charge in [-0.25, -0.2) is 0 Å². The van der Waals surface area contributed by atoms with Crippen molar-refractivity contribution in [3.8, 4) is 5.75 Å². The average molecular weight is 308 g/mol. The molecule has 0 saturated carbocycles. The number of unbranched alkanes of at least 4 members (excludes halogenated alkanes) is 2. The van der Waals surface area contributed by atoms with Crippen molar-refractivity contribution in [1.82, 2.24) is 4.90 Å². The SMILES string of the molecule is CCCCCN(CCC(N)=S)C(=O)c1cccc(OC)c1. The van der Waals surface area contributed by atoms with E-state index in [0.29, 0.717) is 29.3 Å². The topological polar surface area (TPSA) is 55.6 Å². The molecule has 2 N–H and O–H groups in total. The molecule has 0 heterocycles. The minimum absolute atomic E-state index is 0.00116. The van der Waals surface area contributed by atoms with E-state index in [1.807, 2.05) is 17.0 Å². The minimum Gasteiger partial charge on any atom is -0.497 e. The van der Waals surface area contributed by atoms with Crippen LogP contribution in [0.1, 0.15) is 43.0 Å². The lowest BCUT2D eigenvalue weighted by molar-refractivity contribution is 0.0757. The van der Waals surface area contributed by atoms with Crippen LogP contribution in [0.2, 0.25) is 0 Å². The smallest absolute Gasteiger partial charge is 0.253 e. The summed E-state index contributed by atoms with van der Waals surface area (Å²) < 4.78 is 5.17. The van der Waals surface area contributed by atoms with Crippen molar-refractivity contribution in [1.29, 1.82) is 0 Å². The van der Waals surface area contributed by atoms with Crippen molar-refractivity contribution < 1.29 is 9.53 Å². The minimum atomic E-state index is 0.00116. The van der Waals surface area contributed by atoms with Gasteiger partial charge >= 0.3 is 0 Å². The monoisotopic (exact) mass is 308 g/mol. The summed E-state index contributed by atoms with van der Waals surface area (Å²) in [5, 5.41) is 0. The van der Waals surface area contributed by atoms with Gasteiger partial charge in [0, 0.05) is 25.1 Å². The van der Waals surface area contributed by atoms with E-state index >= 15 is 0 Å². The highest BCUT2D eigenvalue weighted by Gasteiger charge is 2.16. The van der Waals surface area contributed by atoms with Crippen molar-refractivity contribution in [2.45, 2.75) is 32.6 Å². The number of amides is 1. The van der Waals surface area contributed by atoms with Crippen LogP contribution in [-0.2, 0) is 0 Å². The van der Waals surface area contributed by atoms with E-state index < -0.39 is 0 Å². The largest absolute Gasteiger partial charge is 0.497 e. The number of nitrogens with two attached hydrogens (primary N) is 1. The Morgan fingerprint density at radius 3 is 2.71 bits per heavy atom. The van der Waals surface area contributed by atoms with Gasteiger partial charge in [-0.15, -0.1) is 0 Å². The molecule has 0 saturated heterocycles. The summed E-state index contributed by atoms with van der Waals surface area (Å²) in [5.74, 6) is 0.685. The summed E-state index contributed by atoms with van der Waals surface area (Å²) in [6, 6.07) is 7.21. The highest BCUT2D eigenvalue weighted by Crippen LogP contribution is 2.15. The lowest BCUT2D eigenvalue weighted by atomic mass is 10.1. The van der Waals surface area contributed by atoms with Gasteiger partial charge in [0.05, 0.1) is 12.1 Å². The second-order valence-electron chi connectivity index (χ2n) is 4.95. The molecule has 0 aliphatic carbocycles. The Hall–Kier alpha value is -1.62. The summed E-state index contributed by atoms with van der Waals surface area (Å²) in [6.07, 6.45) is 3.77. The molecule has 1 aromatic rings. The van der Waals surface area contributed by atoms with Gasteiger partial charge in [-0.2, -0.15) is 0 Å². The van der Waals surface area contributed by atoms with Crippen LogP contribution in [-0.4, -0.2) is 36.0 Å². The molecule has 1 rings (SSSR count). The van der Waals surface area contributed by atoms with Gasteiger partial charge in [0.25, 0.3) is 5.91 Å². The molecular weight excluding hydrogens is 284 g/mol. The van der Waals surface area contributed by atoms with Gasteiger partial charge in [-0.05, 0) is 24.6 Å². The predicted molar refractivity (Wildman–Crippen MR) is 89.8 cm³/mol. The Morgan fingerprint density at radius 2 is 2.10 bits per heavy atom. The Morgan fingerprint density at radius 1 is 1.33 bits per heavy atom. The second-order valence-corrected chi connectivity index (χ2v) is 5.47. The molecule has 0 spiro atoms. The highest BCUT2D eigenvalue weighted by molar-refractivity contribution is 7.80. The first-order valence-corrected chi connectivity index (χ1v) is 7.71. The molecule has 5 heteroatoms. The van der Waals surface area contributed by atoms with E-state index in [2.05, 4.69) is 6.92 Å². The first-order chi connectivity index (χ1) is 10.1. The molecule has 0 aliphatic rings. The third kappa shape index (κ3) is 6.12. The highest BCUT2D eigenvalue weighted by atomic mass is 32.1. The zero-order valence-corrected chi connectivity index (χ0v) is 13.6. The van der Waals surface area contributed by atoms with Crippen molar-refractivity contribution in [3.05, 3.63) is 29.8 Å². The lowest BCUT2D eigenvalue weighted by Crippen LogP contribution is -2.34. The number of thiocarbonyl (C=S) groups is 1.